The van der Waals surface area contributed by atoms with Crippen molar-refractivity contribution in [2.75, 3.05) is 6.61 Å². The average Bonchev–Trinajstić information content (AvgIpc) is 2.99. The van der Waals surface area contributed by atoms with Crippen LogP contribution in [0.4, 0.5) is 4.39 Å². The van der Waals surface area contributed by atoms with Crippen LogP contribution in [0, 0.1) is 5.82 Å². The second-order valence-electron chi connectivity index (χ2n) is 6.05. The van der Waals surface area contributed by atoms with E-state index in [1.165, 1.54) is 30.0 Å². The summed E-state index contributed by atoms with van der Waals surface area (Å²) in [5.41, 5.74) is 0.533. The second kappa shape index (κ2) is 8.34. The van der Waals surface area contributed by atoms with Crippen LogP contribution in [-0.2, 0) is 11.3 Å². The normalized spacial score (nSPS) is 12.0. The molecule has 0 spiro atoms. The van der Waals surface area contributed by atoms with Crippen molar-refractivity contribution in [3.05, 3.63) is 40.0 Å². The van der Waals surface area contributed by atoms with E-state index >= 15 is 0 Å². The maximum absolute atomic E-state index is 14.7. The number of aromatic nitrogens is 3. The summed E-state index contributed by atoms with van der Waals surface area (Å²) in [5, 5.41) is 2.69. The van der Waals surface area contributed by atoms with Crippen LogP contribution in [-0.4, -0.2) is 33.1 Å². The molecule has 1 aromatic carbocycles. The fraction of sp³-hybridized carbons (Fsp3) is 0.333. The van der Waals surface area contributed by atoms with Crippen LogP contribution in [0.15, 0.2) is 29.3 Å². The molecule has 1 atom stereocenters. The summed E-state index contributed by atoms with van der Waals surface area (Å²) in [6.45, 7) is 5.74. The molecule has 28 heavy (non-hydrogen) atoms. The van der Waals surface area contributed by atoms with E-state index in [1.54, 1.807) is 13.0 Å². The fourth-order valence-corrected chi connectivity index (χ4v) is 3.59. The Labute approximate surface area is 163 Å². The molecule has 0 aliphatic heterocycles. The quantitative estimate of drug-likeness (QED) is 0.648. The Morgan fingerprint density at radius 1 is 1.32 bits per heavy atom. The number of amides is 1. The Kier molecular flexibility index (Phi) is 5.88. The van der Waals surface area contributed by atoms with Gasteiger partial charge in [-0.25, -0.2) is 14.4 Å². The number of nitrogens with one attached hydrogen (secondary N) is 1. The van der Waals surface area contributed by atoms with E-state index in [0.29, 0.717) is 12.1 Å². The van der Waals surface area contributed by atoms with Gasteiger partial charge in [-0.2, -0.15) is 0 Å². The largest absolute Gasteiger partial charge is 0.474 e. The van der Waals surface area contributed by atoms with Crippen LogP contribution in [0.1, 0.15) is 20.8 Å². The zero-order valence-electron chi connectivity index (χ0n) is 15.6. The van der Waals surface area contributed by atoms with E-state index in [-0.39, 0.29) is 45.6 Å². The number of carbonyl (C=O) groups excluding carboxylic acids is 1. The van der Waals surface area contributed by atoms with Gasteiger partial charge in [-0.1, -0.05) is 11.3 Å². The summed E-state index contributed by atoms with van der Waals surface area (Å²) >= 11 is 0.837. The highest BCUT2D eigenvalue weighted by Crippen LogP contribution is 2.31. The van der Waals surface area contributed by atoms with E-state index in [4.69, 9.17) is 9.47 Å². The van der Waals surface area contributed by atoms with Crippen molar-refractivity contribution in [1.82, 2.24) is 19.9 Å². The highest BCUT2D eigenvalue weighted by atomic mass is 32.1. The molecule has 3 aromatic rings. The minimum Gasteiger partial charge on any atom is -0.474 e. The Bertz CT molecular complexity index is 1050. The van der Waals surface area contributed by atoms with Gasteiger partial charge in [0.2, 0.25) is 17.7 Å². The number of carbonyl (C=O) groups is 1. The highest BCUT2D eigenvalue weighted by Gasteiger charge is 2.16. The number of fused-ring (bicyclic) bond motifs is 1. The van der Waals surface area contributed by atoms with Crippen LogP contribution < -0.4 is 19.7 Å². The molecule has 0 radical (unpaired) electrons. The lowest BCUT2D eigenvalue weighted by atomic mass is 10.3. The van der Waals surface area contributed by atoms with Crippen LogP contribution in [0.5, 0.6) is 17.5 Å². The number of hydrogen-bond acceptors (Lipinski definition) is 7. The van der Waals surface area contributed by atoms with E-state index in [2.05, 4.69) is 15.3 Å². The van der Waals surface area contributed by atoms with E-state index < -0.39 is 5.82 Å². The topological polar surface area (TPSA) is 95.3 Å². The molecule has 0 aliphatic rings. The molecule has 3 rings (SSSR count). The van der Waals surface area contributed by atoms with Gasteiger partial charge in [-0.05, 0) is 26.0 Å². The molecule has 0 saturated carbocycles. The van der Waals surface area contributed by atoms with Gasteiger partial charge in [0.05, 0.1) is 28.7 Å². The standard InChI is InChI=1S/C18H19FN4O4S/c1-4-23-12-5-6-13(16(19)17(12)28-18(23)25)27-15-8-20-14(7-21-15)26-9-10(2)22-11(3)24/h5-8,10H,4,9H2,1-3H3,(H,22,24). The summed E-state index contributed by atoms with van der Waals surface area (Å²) in [6.07, 6.45) is 2.65. The number of nitrogens with zero attached hydrogens (tertiary/aromatic N) is 3. The predicted molar refractivity (Wildman–Crippen MR) is 103 cm³/mol. The van der Waals surface area contributed by atoms with Crippen molar-refractivity contribution < 1.29 is 18.7 Å². The van der Waals surface area contributed by atoms with Crippen molar-refractivity contribution in [3.63, 3.8) is 0 Å². The molecule has 2 aromatic heterocycles. The Morgan fingerprint density at radius 3 is 2.68 bits per heavy atom. The lowest BCUT2D eigenvalue weighted by Crippen LogP contribution is -2.35. The summed E-state index contributed by atoms with van der Waals surface area (Å²) in [6, 6.07) is 2.92. The summed E-state index contributed by atoms with van der Waals surface area (Å²) in [4.78, 5) is 30.8. The number of halogens is 1. The molecule has 1 N–H and O–H groups in total. The molecule has 0 saturated heterocycles. The third-order valence-corrected chi connectivity index (χ3v) is 4.80. The van der Waals surface area contributed by atoms with E-state index in [0.717, 1.165) is 11.3 Å². The molecule has 1 unspecified atom stereocenters. The number of thiazole rings is 1. The van der Waals surface area contributed by atoms with Crippen LogP contribution in [0.3, 0.4) is 0 Å². The molecule has 8 nitrogen and oxygen atoms in total. The second-order valence-corrected chi connectivity index (χ2v) is 7.01. The highest BCUT2D eigenvalue weighted by molar-refractivity contribution is 7.16. The summed E-state index contributed by atoms with van der Waals surface area (Å²) in [5.74, 6) is -0.469. The third-order valence-electron chi connectivity index (χ3n) is 3.81. The van der Waals surface area contributed by atoms with Gasteiger partial charge in [0.1, 0.15) is 6.61 Å². The lowest BCUT2D eigenvalue weighted by Gasteiger charge is -2.13. The fourth-order valence-electron chi connectivity index (χ4n) is 2.60. The number of rotatable bonds is 7. The zero-order chi connectivity index (χ0) is 20.3. The zero-order valence-corrected chi connectivity index (χ0v) is 16.4. The first-order chi connectivity index (χ1) is 13.4. The van der Waals surface area contributed by atoms with Crippen molar-refractivity contribution in [2.45, 2.75) is 33.4 Å². The van der Waals surface area contributed by atoms with Gasteiger partial charge in [0, 0.05) is 13.5 Å². The van der Waals surface area contributed by atoms with Crippen molar-refractivity contribution in [2.24, 2.45) is 0 Å². The van der Waals surface area contributed by atoms with E-state index in [9.17, 15) is 14.0 Å². The SMILES string of the molecule is CCn1c(=O)sc2c(F)c(Oc3cnc(OCC(C)NC(C)=O)cn3)ccc21. The van der Waals surface area contributed by atoms with Gasteiger partial charge in [-0.15, -0.1) is 0 Å². The van der Waals surface area contributed by atoms with Gasteiger partial charge < -0.3 is 14.8 Å². The van der Waals surface area contributed by atoms with Crippen LogP contribution in [0.2, 0.25) is 0 Å². The summed E-state index contributed by atoms with van der Waals surface area (Å²) in [7, 11) is 0. The first-order valence-electron chi connectivity index (χ1n) is 8.60. The van der Waals surface area contributed by atoms with Crippen LogP contribution >= 0.6 is 11.3 Å². The minimum atomic E-state index is -0.613. The Morgan fingerprint density at radius 2 is 2.04 bits per heavy atom. The van der Waals surface area contributed by atoms with Gasteiger partial charge >= 0.3 is 4.87 Å². The smallest absolute Gasteiger partial charge is 0.308 e. The predicted octanol–water partition coefficient (Wildman–Crippen LogP) is 2.71. The average molecular weight is 406 g/mol. The molecular weight excluding hydrogens is 387 g/mol. The van der Waals surface area contributed by atoms with Crippen molar-refractivity contribution in [1.29, 1.82) is 0 Å². The number of benzene rings is 1. The third kappa shape index (κ3) is 4.28. The van der Waals surface area contributed by atoms with Crippen molar-refractivity contribution in [3.8, 4) is 17.5 Å². The molecule has 0 fully saturated rings. The summed E-state index contributed by atoms with van der Waals surface area (Å²) < 4.78 is 27.3. The van der Waals surface area contributed by atoms with Gasteiger partial charge in [-0.3, -0.25) is 14.2 Å². The maximum atomic E-state index is 14.7. The molecular formula is C18H19FN4O4S. The number of hydrogen-bond donors (Lipinski definition) is 1. The molecule has 0 bridgehead atoms. The molecule has 148 valence electrons. The van der Waals surface area contributed by atoms with Crippen molar-refractivity contribution >= 4 is 27.5 Å². The van der Waals surface area contributed by atoms with E-state index in [1.807, 2.05) is 6.92 Å². The van der Waals surface area contributed by atoms with Gasteiger partial charge in [0.15, 0.2) is 11.6 Å². The van der Waals surface area contributed by atoms with Crippen LogP contribution in [0.25, 0.3) is 10.2 Å². The molecule has 10 heteroatoms. The molecule has 2 heterocycles. The minimum absolute atomic E-state index is 0.0424. The Hall–Kier alpha value is -3.01. The lowest BCUT2D eigenvalue weighted by molar-refractivity contribution is -0.119. The maximum Gasteiger partial charge on any atom is 0.308 e. The monoisotopic (exact) mass is 406 g/mol. The number of ether oxygens (including phenoxy) is 2. The van der Waals surface area contributed by atoms with Gasteiger partial charge in [0.25, 0.3) is 0 Å². The first kappa shape index (κ1) is 19.7. The molecule has 0 aliphatic carbocycles. The number of aryl methyl sites for hydroxylation is 1. The Balaban J connectivity index is 1.71. The first-order valence-corrected chi connectivity index (χ1v) is 9.42. The molecule has 1 amide bonds.